The van der Waals surface area contributed by atoms with Crippen LogP contribution in [0.25, 0.3) is 0 Å². The van der Waals surface area contributed by atoms with Gasteiger partial charge in [-0.2, -0.15) is 0 Å². The molecule has 0 spiro atoms. The lowest BCUT2D eigenvalue weighted by Crippen LogP contribution is -2.34. The molecule has 156 valence electrons. The maximum absolute atomic E-state index is 13.0. The summed E-state index contributed by atoms with van der Waals surface area (Å²) in [6.45, 7) is 9.47. The van der Waals surface area contributed by atoms with Crippen molar-refractivity contribution in [2.24, 2.45) is 5.92 Å². The standard InChI is InChI=1S/C25H32FNO2/c1-25(2,3)21-6-10-24(11-7-21)29-18-23(28)16-19-12-14-27(15-13-19)17-20-4-8-22(26)9-5-20/h4-11,19H,12-18H2,1-3H3. The summed E-state index contributed by atoms with van der Waals surface area (Å²) in [6, 6.07) is 14.7. The van der Waals surface area contributed by atoms with Gasteiger partial charge in [0.15, 0.2) is 5.78 Å². The zero-order valence-electron chi connectivity index (χ0n) is 17.8. The molecule has 3 rings (SSSR count). The number of carbonyl (C=O) groups is 1. The van der Waals surface area contributed by atoms with Gasteiger partial charge in [0.25, 0.3) is 0 Å². The highest BCUT2D eigenvalue weighted by atomic mass is 19.1. The Labute approximate surface area is 173 Å². The molecule has 0 unspecified atom stereocenters. The highest BCUT2D eigenvalue weighted by Crippen LogP contribution is 2.25. The van der Waals surface area contributed by atoms with E-state index in [1.807, 2.05) is 24.3 Å². The lowest BCUT2D eigenvalue weighted by molar-refractivity contribution is -0.122. The van der Waals surface area contributed by atoms with Crippen LogP contribution in [0.3, 0.4) is 0 Å². The van der Waals surface area contributed by atoms with Gasteiger partial charge in [0.05, 0.1) is 0 Å². The number of nitrogens with zero attached hydrogens (tertiary/aromatic N) is 1. The van der Waals surface area contributed by atoms with E-state index in [9.17, 15) is 9.18 Å². The molecule has 4 heteroatoms. The molecule has 0 N–H and O–H groups in total. The fourth-order valence-electron chi connectivity index (χ4n) is 3.79. The molecule has 0 radical (unpaired) electrons. The Morgan fingerprint density at radius 1 is 1.03 bits per heavy atom. The molecule has 0 atom stereocenters. The monoisotopic (exact) mass is 397 g/mol. The molecular weight excluding hydrogens is 365 g/mol. The zero-order chi connectivity index (χ0) is 20.9. The normalized spacial score (nSPS) is 16.0. The second-order valence-electron chi connectivity index (χ2n) is 9.15. The van der Waals surface area contributed by atoms with E-state index in [1.165, 1.54) is 17.7 Å². The second-order valence-corrected chi connectivity index (χ2v) is 9.15. The lowest BCUT2D eigenvalue weighted by Gasteiger charge is -2.31. The summed E-state index contributed by atoms with van der Waals surface area (Å²) in [6.07, 6.45) is 2.63. The third kappa shape index (κ3) is 6.67. The van der Waals surface area contributed by atoms with E-state index < -0.39 is 0 Å². The van der Waals surface area contributed by atoms with Crippen molar-refractivity contribution in [1.82, 2.24) is 4.90 Å². The zero-order valence-corrected chi connectivity index (χ0v) is 17.8. The Morgan fingerprint density at radius 3 is 2.24 bits per heavy atom. The van der Waals surface area contributed by atoms with Crippen LogP contribution in [0.4, 0.5) is 4.39 Å². The number of hydrogen-bond acceptors (Lipinski definition) is 3. The van der Waals surface area contributed by atoms with Crippen molar-refractivity contribution < 1.29 is 13.9 Å². The van der Waals surface area contributed by atoms with Crippen molar-refractivity contribution in [3.8, 4) is 5.75 Å². The van der Waals surface area contributed by atoms with Crippen LogP contribution < -0.4 is 4.74 Å². The summed E-state index contributed by atoms with van der Waals surface area (Å²) in [4.78, 5) is 14.7. The number of likely N-dealkylation sites (tertiary alicyclic amines) is 1. The molecule has 1 aliphatic heterocycles. The number of benzene rings is 2. The van der Waals surface area contributed by atoms with Crippen LogP contribution in [0.15, 0.2) is 48.5 Å². The minimum absolute atomic E-state index is 0.111. The number of Topliss-reactive ketones (excluding diaryl/α,β-unsaturated/α-hetero) is 1. The molecular formula is C25H32FNO2. The SMILES string of the molecule is CC(C)(C)c1ccc(OCC(=O)CC2CCN(Cc3ccc(F)cc3)CC2)cc1. The summed E-state index contributed by atoms with van der Waals surface area (Å²) in [5.41, 5.74) is 2.50. The minimum atomic E-state index is -0.196. The second kappa shape index (κ2) is 9.53. The number of ether oxygens (including phenoxy) is 1. The van der Waals surface area contributed by atoms with Crippen LogP contribution in [0.1, 0.15) is 51.2 Å². The first-order valence-corrected chi connectivity index (χ1v) is 10.5. The predicted octanol–water partition coefficient (Wildman–Crippen LogP) is 5.37. The summed E-state index contributed by atoms with van der Waals surface area (Å²) in [7, 11) is 0. The Kier molecular flexibility index (Phi) is 7.07. The van der Waals surface area contributed by atoms with E-state index in [2.05, 4.69) is 37.8 Å². The van der Waals surface area contributed by atoms with Gasteiger partial charge < -0.3 is 4.74 Å². The summed E-state index contributed by atoms with van der Waals surface area (Å²) >= 11 is 0. The predicted molar refractivity (Wildman–Crippen MR) is 115 cm³/mol. The highest BCUT2D eigenvalue weighted by Gasteiger charge is 2.22. The van der Waals surface area contributed by atoms with Crippen LogP contribution >= 0.6 is 0 Å². The third-order valence-corrected chi connectivity index (χ3v) is 5.66. The molecule has 1 heterocycles. The van der Waals surface area contributed by atoms with Gasteiger partial charge in [-0.05, 0) is 72.7 Å². The maximum Gasteiger partial charge on any atom is 0.170 e. The van der Waals surface area contributed by atoms with E-state index in [4.69, 9.17) is 4.74 Å². The van der Waals surface area contributed by atoms with Crippen LogP contribution in [0.5, 0.6) is 5.75 Å². The van der Waals surface area contributed by atoms with E-state index in [-0.39, 0.29) is 23.6 Å². The number of ketones is 1. The largest absolute Gasteiger partial charge is 0.486 e. The Bertz CT molecular complexity index is 785. The molecule has 2 aromatic rings. The Hall–Kier alpha value is -2.20. The number of piperidine rings is 1. The van der Waals surface area contributed by atoms with E-state index >= 15 is 0 Å². The summed E-state index contributed by atoms with van der Waals surface area (Å²) in [5.74, 6) is 1.15. The van der Waals surface area contributed by atoms with Gasteiger partial charge in [0, 0.05) is 13.0 Å². The van der Waals surface area contributed by atoms with Crippen molar-refractivity contribution in [2.75, 3.05) is 19.7 Å². The van der Waals surface area contributed by atoms with Crippen LogP contribution in [0.2, 0.25) is 0 Å². The topological polar surface area (TPSA) is 29.5 Å². The van der Waals surface area contributed by atoms with Gasteiger partial charge in [-0.25, -0.2) is 4.39 Å². The lowest BCUT2D eigenvalue weighted by atomic mass is 9.87. The van der Waals surface area contributed by atoms with Gasteiger partial charge in [0.1, 0.15) is 18.2 Å². The van der Waals surface area contributed by atoms with Crippen LogP contribution in [0, 0.1) is 11.7 Å². The number of hydrogen-bond donors (Lipinski definition) is 0. The van der Waals surface area contributed by atoms with Gasteiger partial charge in [-0.3, -0.25) is 9.69 Å². The van der Waals surface area contributed by atoms with Gasteiger partial charge in [-0.15, -0.1) is 0 Å². The molecule has 1 aliphatic rings. The van der Waals surface area contributed by atoms with Crippen molar-refractivity contribution >= 4 is 5.78 Å². The molecule has 0 aliphatic carbocycles. The van der Waals surface area contributed by atoms with Crippen LogP contribution in [-0.2, 0) is 16.8 Å². The summed E-state index contributed by atoms with van der Waals surface area (Å²) in [5, 5.41) is 0. The average molecular weight is 398 g/mol. The molecule has 1 fully saturated rings. The molecule has 29 heavy (non-hydrogen) atoms. The molecule has 1 saturated heterocycles. The molecule has 3 nitrogen and oxygen atoms in total. The van der Waals surface area contributed by atoms with Crippen molar-refractivity contribution in [3.05, 3.63) is 65.5 Å². The highest BCUT2D eigenvalue weighted by molar-refractivity contribution is 5.80. The Balaban J connectivity index is 1.38. The van der Waals surface area contributed by atoms with Crippen LogP contribution in [-0.4, -0.2) is 30.4 Å². The number of halogens is 1. The quantitative estimate of drug-likeness (QED) is 0.629. The molecule has 0 bridgehead atoms. The third-order valence-electron chi connectivity index (χ3n) is 5.66. The van der Waals surface area contributed by atoms with Gasteiger partial charge in [-0.1, -0.05) is 45.0 Å². The minimum Gasteiger partial charge on any atom is -0.486 e. The number of rotatable bonds is 7. The van der Waals surface area contributed by atoms with E-state index in [0.29, 0.717) is 12.3 Å². The molecule has 0 saturated carbocycles. The Morgan fingerprint density at radius 2 is 1.66 bits per heavy atom. The molecule has 0 aromatic heterocycles. The van der Waals surface area contributed by atoms with Crippen molar-refractivity contribution in [1.29, 1.82) is 0 Å². The van der Waals surface area contributed by atoms with E-state index in [1.54, 1.807) is 0 Å². The molecule has 2 aromatic carbocycles. The first kappa shape index (κ1) is 21.5. The first-order chi connectivity index (χ1) is 13.8. The first-order valence-electron chi connectivity index (χ1n) is 10.5. The average Bonchev–Trinajstić information content (AvgIpc) is 2.69. The summed E-state index contributed by atoms with van der Waals surface area (Å²) < 4.78 is 18.7. The van der Waals surface area contributed by atoms with Crippen molar-refractivity contribution in [3.63, 3.8) is 0 Å². The smallest absolute Gasteiger partial charge is 0.170 e. The van der Waals surface area contributed by atoms with Crippen molar-refractivity contribution in [2.45, 2.75) is 52.0 Å². The van der Waals surface area contributed by atoms with Gasteiger partial charge >= 0.3 is 0 Å². The fraction of sp³-hybridized carbons (Fsp3) is 0.480. The van der Waals surface area contributed by atoms with E-state index in [0.717, 1.165) is 43.8 Å². The molecule has 0 amide bonds. The number of carbonyl (C=O) groups excluding carboxylic acids is 1. The van der Waals surface area contributed by atoms with Gasteiger partial charge in [0.2, 0.25) is 0 Å². The maximum atomic E-state index is 13.0. The fourth-order valence-corrected chi connectivity index (χ4v) is 3.79.